The van der Waals surface area contributed by atoms with Crippen LogP contribution in [0.4, 0.5) is 0 Å². The summed E-state index contributed by atoms with van der Waals surface area (Å²) in [5.41, 5.74) is 1.74. The lowest BCUT2D eigenvalue weighted by Gasteiger charge is -2.01. The van der Waals surface area contributed by atoms with Gasteiger partial charge in [0.15, 0.2) is 0 Å². The summed E-state index contributed by atoms with van der Waals surface area (Å²) in [6, 6.07) is 7.25. The Kier molecular flexibility index (Phi) is 3.28. The van der Waals surface area contributed by atoms with E-state index in [0.717, 1.165) is 10.4 Å². The van der Waals surface area contributed by atoms with Gasteiger partial charge in [0.1, 0.15) is 0 Å². The van der Waals surface area contributed by atoms with Crippen molar-refractivity contribution < 1.29 is 4.79 Å². The number of carbonyl (C=O) groups is 1. The average molecular weight is 272 g/mol. The first kappa shape index (κ1) is 11.6. The van der Waals surface area contributed by atoms with E-state index < -0.39 is 5.24 Å². The second-order valence-corrected chi connectivity index (χ2v) is 4.94. The predicted octanol–water partition coefficient (Wildman–Crippen LogP) is 4.15. The molecule has 2 aromatic rings. The minimum Gasteiger partial charge on any atom is -0.275 e. The third kappa shape index (κ3) is 1.98. The molecule has 0 saturated carbocycles. The zero-order chi connectivity index (χ0) is 11.7. The lowest BCUT2D eigenvalue weighted by molar-refractivity contribution is 0.108. The molecule has 0 saturated heterocycles. The Bertz CT molecular complexity index is 551. The fourth-order valence-corrected chi connectivity index (χ4v) is 2.65. The second kappa shape index (κ2) is 4.53. The van der Waals surface area contributed by atoms with Crippen molar-refractivity contribution in [2.45, 2.75) is 6.92 Å². The highest BCUT2D eigenvalue weighted by molar-refractivity contribution is 7.06. The number of aromatic nitrogens is 1. The highest BCUT2D eigenvalue weighted by Gasteiger charge is 2.19. The highest BCUT2D eigenvalue weighted by atomic mass is 35.5. The fraction of sp³-hybridized carbons (Fsp3) is 0.0909. The summed E-state index contributed by atoms with van der Waals surface area (Å²) in [4.78, 5) is 12.1. The number of benzene rings is 1. The van der Waals surface area contributed by atoms with Crippen molar-refractivity contribution in [1.29, 1.82) is 0 Å². The summed E-state index contributed by atoms with van der Waals surface area (Å²) in [5, 5.41) is 0.0631. The third-order valence-electron chi connectivity index (χ3n) is 2.19. The molecule has 0 amide bonds. The molecule has 0 N–H and O–H groups in total. The van der Waals surface area contributed by atoms with Gasteiger partial charge >= 0.3 is 0 Å². The van der Waals surface area contributed by atoms with Gasteiger partial charge in [-0.15, -0.1) is 0 Å². The Hall–Kier alpha value is -0.900. The standard InChI is InChI=1S/C11H7Cl2NOS/c1-6-9(11(13)15)10(14-16-6)7-4-2-3-5-8(7)12/h2-5H,1H3. The van der Waals surface area contributed by atoms with Crippen LogP contribution in [0.15, 0.2) is 24.3 Å². The maximum atomic E-state index is 11.3. The fourth-order valence-electron chi connectivity index (χ4n) is 1.44. The van der Waals surface area contributed by atoms with Gasteiger partial charge in [0, 0.05) is 10.4 Å². The van der Waals surface area contributed by atoms with Crippen LogP contribution >= 0.6 is 34.7 Å². The number of hydrogen-bond donors (Lipinski definition) is 0. The lowest BCUT2D eigenvalue weighted by Crippen LogP contribution is -1.93. The smallest absolute Gasteiger partial charge is 0.255 e. The Morgan fingerprint density at radius 1 is 1.38 bits per heavy atom. The first-order chi connectivity index (χ1) is 7.61. The molecule has 0 fully saturated rings. The number of hydrogen-bond acceptors (Lipinski definition) is 3. The molecule has 0 spiro atoms. The Morgan fingerprint density at radius 2 is 2.06 bits per heavy atom. The molecule has 82 valence electrons. The maximum absolute atomic E-state index is 11.3. The minimum atomic E-state index is -0.499. The summed E-state index contributed by atoms with van der Waals surface area (Å²) in [7, 11) is 0. The van der Waals surface area contributed by atoms with E-state index in [9.17, 15) is 4.79 Å². The van der Waals surface area contributed by atoms with Crippen LogP contribution in [0, 0.1) is 6.92 Å². The predicted molar refractivity (Wildman–Crippen MR) is 67.5 cm³/mol. The van der Waals surface area contributed by atoms with E-state index in [1.54, 1.807) is 6.07 Å². The molecule has 16 heavy (non-hydrogen) atoms. The van der Waals surface area contributed by atoms with Crippen molar-refractivity contribution in [3.63, 3.8) is 0 Å². The zero-order valence-electron chi connectivity index (χ0n) is 8.33. The van der Waals surface area contributed by atoms with Crippen LogP contribution in [0.3, 0.4) is 0 Å². The van der Waals surface area contributed by atoms with Crippen LogP contribution in [0.25, 0.3) is 11.3 Å². The summed E-state index contributed by atoms with van der Waals surface area (Å²) >= 11 is 12.8. The molecule has 0 aliphatic heterocycles. The number of aryl methyl sites for hydroxylation is 1. The Morgan fingerprint density at radius 3 is 2.69 bits per heavy atom. The molecule has 2 nitrogen and oxygen atoms in total. The molecule has 0 aliphatic rings. The minimum absolute atomic E-state index is 0.444. The molecule has 1 aromatic carbocycles. The van der Waals surface area contributed by atoms with Gasteiger partial charge in [-0.1, -0.05) is 29.8 Å². The van der Waals surface area contributed by atoms with Gasteiger partial charge in [-0.2, -0.15) is 4.37 Å². The molecular formula is C11H7Cl2NOS. The van der Waals surface area contributed by atoms with E-state index >= 15 is 0 Å². The molecule has 1 heterocycles. The van der Waals surface area contributed by atoms with Gasteiger partial charge < -0.3 is 0 Å². The van der Waals surface area contributed by atoms with Crippen molar-refractivity contribution in [3.8, 4) is 11.3 Å². The van der Waals surface area contributed by atoms with Gasteiger partial charge in [-0.25, -0.2) is 0 Å². The van der Waals surface area contributed by atoms with E-state index in [-0.39, 0.29) is 0 Å². The van der Waals surface area contributed by atoms with Crippen LogP contribution < -0.4 is 0 Å². The highest BCUT2D eigenvalue weighted by Crippen LogP contribution is 2.33. The summed E-state index contributed by atoms with van der Waals surface area (Å²) < 4.78 is 4.22. The first-order valence-electron chi connectivity index (χ1n) is 4.52. The van der Waals surface area contributed by atoms with E-state index in [1.807, 2.05) is 25.1 Å². The summed E-state index contributed by atoms with van der Waals surface area (Å²) in [6.45, 7) is 1.81. The SMILES string of the molecule is Cc1snc(-c2ccccc2Cl)c1C(=O)Cl. The summed E-state index contributed by atoms with van der Waals surface area (Å²) in [6.07, 6.45) is 0. The van der Waals surface area contributed by atoms with Crippen molar-refractivity contribution in [2.24, 2.45) is 0 Å². The van der Waals surface area contributed by atoms with Gasteiger partial charge in [0.2, 0.25) is 0 Å². The molecule has 0 aliphatic carbocycles. The first-order valence-corrected chi connectivity index (χ1v) is 6.05. The van der Waals surface area contributed by atoms with Crippen molar-refractivity contribution in [3.05, 3.63) is 39.7 Å². The van der Waals surface area contributed by atoms with Crippen molar-refractivity contribution >= 4 is 40.0 Å². The third-order valence-corrected chi connectivity index (χ3v) is 3.46. The molecular weight excluding hydrogens is 265 g/mol. The molecule has 0 radical (unpaired) electrons. The average Bonchev–Trinajstić information content (AvgIpc) is 2.61. The van der Waals surface area contributed by atoms with E-state index in [2.05, 4.69) is 4.37 Å². The van der Waals surface area contributed by atoms with Crippen LogP contribution in [-0.4, -0.2) is 9.62 Å². The van der Waals surface area contributed by atoms with Crippen LogP contribution in [0.2, 0.25) is 5.02 Å². The van der Waals surface area contributed by atoms with Gasteiger partial charge in [-0.05, 0) is 36.1 Å². The van der Waals surface area contributed by atoms with Crippen LogP contribution in [0.1, 0.15) is 15.2 Å². The maximum Gasteiger partial charge on any atom is 0.255 e. The lowest BCUT2D eigenvalue weighted by atomic mass is 10.1. The van der Waals surface area contributed by atoms with Gasteiger partial charge in [0.25, 0.3) is 5.24 Å². The van der Waals surface area contributed by atoms with Crippen molar-refractivity contribution in [2.75, 3.05) is 0 Å². The molecule has 5 heteroatoms. The van der Waals surface area contributed by atoms with Gasteiger partial charge in [-0.3, -0.25) is 4.79 Å². The number of nitrogens with zero attached hydrogens (tertiary/aromatic N) is 1. The molecule has 0 atom stereocenters. The van der Waals surface area contributed by atoms with E-state index in [1.165, 1.54) is 11.5 Å². The molecule has 1 aromatic heterocycles. The number of halogens is 2. The van der Waals surface area contributed by atoms with Gasteiger partial charge in [0.05, 0.1) is 16.3 Å². The second-order valence-electron chi connectivity index (χ2n) is 3.22. The van der Waals surface area contributed by atoms with Crippen LogP contribution in [-0.2, 0) is 0 Å². The number of carbonyl (C=O) groups excluding carboxylic acids is 1. The molecule has 0 bridgehead atoms. The zero-order valence-corrected chi connectivity index (χ0v) is 10.7. The Labute approximate surface area is 107 Å². The van der Waals surface area contributed by atoms with Crippen LogP contribution in [0.5, 0.6) is 0 Å². The quantitative estimate of drug-likeness (QED) is 0.768. The topological polar surface area (TPSA) is 30.0 Å². The normalized spacial score (nSPS) is 10.4. The monoisotopic (exact) mass is 271 g/mol. The molecule has 0 unspecified atom stereocenters. The Balaban J connectivity index is 2.66. The van der Waals surface area contributed by atoms with E-state index in [4.69, 9.17) is 23.2 Å². The van der Waals surface area contributed by atoms with Crippen molar-refractivity contribution in [1.82, 2.24) is 4.37 Å². The number of rotatable bonds is 2. The summed E-state index contributed by atoms with van der Waals surface area (Å²) in [5.74, 6) is 0. The largest absolute Gasteiger partial charge is 0.275 e. The van der Waals surface area contributed by atoms with E-state index in [0.29, 0.717) is 16.3 Å². The molecule has 2 rings (SSSR count).